The SMILES string of the molecule is [O]N(Cc1ccccc1)[C@@H](CO)Cc1c[nH]c2ccccc12. The van der Waals surface area contributed by atoms with Crippen LogP contribution < -0.4 is 0 Å². The zero-order valence-electron chi connectivity index (χ0n) is 12.3. The van der Waals surface area contributed by atoms with Crippen molar-refractivity contribution in [3.63, 3.8) is 0 Å². The predicted octanol–water partition coefficient (Wildman–Crippen LogP) is 2.92. The zero-order chi connectivity index (χ0) is 15.4. The number of para-hydroxylation sites is 1. The number of nitrogens with one attached hydrogen (secondary N) is 1. The molecule has 1 aromatic heterocycles. The van der Waals surface area contributed by atoms with Gasteiger partial charge in [0.1, 0.15) is 0 Å². The van der Waals surface area contributed by atoms with Gasteiger partial charge in [0.2, 0.25) is 0 Å². The van der Waals surface area contributed by atoms with Crippen LogP contribution in [0.1, 0.15) is 11.1 Å². The Kier molecular flexibility index (Phi) is 4.53. The third kappa shape index (κ3) is 3.20. The number of aromatic amines is 1. The number of hydrogen-bond acceptors (Lipinski definition) is 2. The largest absolute Gasteiger partial charge is 0.395 e. The molecule has 2 aromatic carbocycles. The molecule has 22 heavy (non-hydrogen) atoms. The minimum atomic E-state index is -0.445. The van der Waals surface area contributed by atoms with Crippen molar-refractivity contribution < 1.29 is 10.3 Å². The standard InChI is InChI=1S/C18H19N2O2/c21-13-16(20(22)12-14-6-2-1-3-7-14)10-15-11-19-18-9-5-4-8-17(15)18/h1-9,11,16,19,21H,10,12-13H2/t16-/m1/s1. The van der Waals surface area contributed by atoms with Gasteiger partial charge in [0.05, 0.1) is 19.2 Å². The van der Waals surface area contributed by atoms with Crippen LogP contribution in [0.4, 0.5) is 0 Å². The van der Waals surface area contributed by atoms with Crippen molar-refractivity contribution in [1.29, 1.82) is 0 Å². The lowest BCUT2D eigenvalue weighted by atomic mass is 10.0. The Bertz CT molecular complexity index is 724. The highest BCUT2D eigenvalue weighted by molar-refractivity contribution is 5.83. The molecular formula is C18H19N2O2. The summed E-state index contributed by atoms with van der Waals surface area (Å²) in [5.41, 5.74) is 3.06. The van der Waals surface area contributed by atoms with E-state index in [0.29, 0.717) is 6.42 Å². The van der Waals surface area contributed by atoms with E-state index in [1.54, 1.807) is 0 Å². The second-order valence-electron chi connectivity index (χ2n) is 5.46. The molecule has 0 bridgehead atoms. The minimum Gasteiger partial charge on any atom is -0.395 e. The molecule has 0 amide bonds. The van der Waals surface area contributed by atoms with Gasteiger partial charge in [0, 0.05) is 17.1 Å². The molecule has 0 unspecified atom stereocenters. The fourth-order valence-electron chi connectivity index (χ4n) is 2.70. The van der Waals surface area contributed by atoms with Crippen molar-refractivity contribution >= 4 is 10.9 Å². The molecule has 3 aromatic rings. The number of hydrogen-bond donors (Lipinski definition) is 2. The van der Waals surface area contributed by atoms with Crippen molar-refractivity contribution in [2.24, 2.45) is 0 Å². The third-order valence-electron chi connectivity index (χ3n) is 3.93. The lowest BCUT2D eigenvalue weighted by Crippen LogP contribution is -2.35. The van der Waals surface area contributed by atoms with Gasteiger partial charge in [-0.2, -0.15) is 0 Å². The van der Waals surface area contributed by atoms with E-state index in [4.69, 9.17) is 0 Å². The molecule has 0 aliphatic rings. The minimum absolute atomic E-state index is 0.157. The van der Waals surface area contributed by atoms with Crippen LogP contribution in [-0.4, -0.2) is 27.8 Å². The summed E-state index contributed by atoms with van der Waals surface area (Å²) >= 11 is 0. The maximum Gasteiger partial charge on any atom is 0.0659 e. The van der Waals surface area contributed by atoms with Gasteiger partial charge in [-0.25, -0.2) is 0 Å². The number of aromatic nitrogens is 1. The van der Waals surface area contributed by atoms with Crippen molar-refractivity contribution in [3.8, 4) is 0 Å². The van der Waals surface area contributed by atoms with E-state index in [2.05, 4.69) is 4.98 Å². The molecule has 0 spiro atoms. The first kappa shape index (κ1) is 14.8. The first-order valence-electron chi connectivity index (χ1n) is 7.41. The Morgan fingerprint density at radius 3 is 2.55 bits per heavy atom. The predicted molar refractivity (Wildman–Crippen MR) is 85.5 cm³/mol. The van der Waals surface area contributed by atoms with Crippen LogP contribution in [0.25, 0.3) is 10.9 Å². The highest BCUT2D eigenvalue weighted by atomic mass is 16.5. The second kappa shape index (κ2) is 6.75. The van der Waals surface area contributed by atoms with Crippen molar-refractivity contribution in [2.45, 2.75) is 19.0 Å². The Balaban J connectivity index is 1.74. The third-order valence-corrected chi connectivity index (χ3v) is 3.93. The Morgan fingerprint density at radius 1 is 1.05 bits per heavy atom. The molecule has 4 heteroatoms. The van der Waals surface area contributed by atoms with E-state index in [9.17, 15) is 10.3 Å². The van der Waals surface area contributed by atoms with E-state index in [1.165, 1.54) is 0 Å². The molecule has 1 radical (unpaired) electrons. The van der Waals surface area contributed by atoms with Crippen LogP contribution in [0.15, 0.2) is 60.8 Å². The summed E-state index contributed by atoms with van der Waals surface area (Å²) < 4.78 is 0. The topological polar surface area (TPSA) is 59.2 Å². The van der Waals surface area contributed by atoms with Crippen molar-refractivity contribution in [2.75, 3.05) is 6.61 Å². The Labute approximate surface area is 129 Å². The maximum absolute atomic E-state index is 12.4. The molecule has 0 fully saturated rings. The summed E-state index contributed by atoms with van der Waals surface area (Å²) in [7, 11) is 0. The van der Waals surface area contributed by atoms with E-state index in [1.807, 2.05) is 60.8 Å². The molecule has 113 valence electrons. The van der Waals surface area contributed by atoms with Gasteiger partial charge in [0.15, 0.2) is 0 Å². The van der Waals surface area contributed by atoms with Gasteiger partial charge in [0.25, 0.3) is 0 Å². The quantitative estimate of drug-likeness (QED) is 0.687. The summed E-state index contributed by atoms with van der Waals surface area (Å²) in [4.78, 5) is 3.20. The van der Waals surface area contributed by atoms with Crippen molar-refractivity contribution in [1.82, 2.24) is 10.0 Å². The maximum atomic E-state index is 12.4. The molecule has 3 rings (SSSR count). The Morgan fingerprint density at radius 2 is 1.77 bits per heavy atom. The first-order chi connectivity index (χ1) is 10.8. The van der Waals surface area contributed by atoms with Crippen LogP contribution in [-0.2, 0) is 18.2 Å². The van der Waals surface area contributed by atoms with E-state index in [0.717, 1.165) is 27.1 Å². The number of aliphatic hydroxyl groups is 1. The average molecular weight is 295 g/mol. The normalized spacial score (nSPS) is 12.9. The van der Waals surface area contributed by atoms with Crippen LogP contribution in [0.5, 0.6) is 0 Å². The van der Waals surface area contributed by atoms with Gasteiger partial charge in [-0.1, -0.05) is 48.5 Å². The Hall–Kier alpha value is -2.14. The number of benzene rings is 2. The summed E-state index contributed by atoms with van der Waals surface area (Å²) in [6, 6.07) is 17.1. The number of aliphatic hydroxyl groups excluding tert-OH is 1. The summed E-state index contributed by atoms with van der Waals surface area (Å²) in [6.45, 7) is 0.129. The van der Waals surface area contributed by atoms with Gasteiger partial charge < -0.3 is 10.1 Å². The van der Waals surface area contributed by atoms with Gasteiger partial charge >= 0.3 is 0 Å². The lowest BCUT2D eigenvalue weighted by molar-refractivity contribution is -0.201. The van der Waals surface area contributed by atoms with Gasteiger partial charge in [-0.3, -0.25) is 0 Å². The van der Waals surface area contributed by atoms with Crippen LogP contribution >= 0.6 is 0 Å². The molecule has 0 aliphatic carbocycles. The fourth-order valence-corrected chi connectivity index (χ4v) is 2.70. The van der Waals surface area contributed by atoms with E-state index < -0.39 is 6.04 Å². The van der Waals surface area contributed by atoms with Gasteiger partial charge in [-0.15, -0.1) is 10.3 Å². The molecule has 0 saturated carbocycles. The number of nitrogens with zero attached hydrogens (tertiary/aromatic N) is 1. The highest BCUT2D eigenvalue weighted by Crippen LogP contribution is 2.20. The molecule has 1 heterocycles. The summed E-state index contributed by atoms with van der Waals surface area (Å²) in [5.74, 6) is 0. The first-order valence-corrected chi connectivity index (χ1v) is 7.41. The molecule has 0 aliphatic heterocycles. The summed E-state index contributed by atoms with van der Waals surface area (Å²) in [6.07, 6.45) is 2.44. The van der Waals surface area contributed by atoms with Crippen LogP contribution in [0.3, 0.4) is 0 Å². The van der Waals surface area contributed by atoms with Crippen LogP contribution in [0.2, 0.25) is 0 Å². The highest BCUT2D eigenvalue weighted by Gasteiger charge is 2.19. The van der Waals surface area contributed by atoms with Crippen LogP contribution in [0, 0.1) is 0 Å². The summed E-state index contributed by atoms with van der Waals surface area (Å²) in [5, 5.41) is 24.0. The smallest absolute Gasteiger partial charge is 0.0659 e. The molecule has 1 atom stereocenters. The lowest BCUT2D eigenvalue weighted by Gasteiger charge is -2.22. The molecule has 4 nitrogen and oxygen atoms in total. The average Bonchev–Trinajstić information content (AvgIpc) is 2.96. The fraction of sp³-hybridized carbons (Fsp3) is 0.222. The number of rotatable bonds is 6. The second-order valence-corrected chi connectivity index (χ2v) is 5.46. The van der Waals surface area contributed by atoms with Crippen molar-refractivity contribution in [3.05, 3.63) is 71.9 Å². The monoisotopic (exact) mass is 295 g/mol. The molecule has 2 N–H and O–H groups in total. The van der Waals surface area contributed by atoms with E-state index >= 15 is 0 Å². The zero-order valence-corrected chi connectivity index (χ0v) is 12.3. The van der Waals surface area contributed by atoms with Gasteiger partial charge in [-0.05, 0) is 23.6 Å². The van der Waals surface area contributed by atoms with E-state index in [-0.39, 0.29) is 13.2 Å². The molecule has 0 saturated heterocycles. The number of H-pyrrole nitrogens is 1. The molecular weight excluding hydrogens is 276 g/mol. The number of hydroxylamine groups is 2. The number of fused-ring (bicyclic) bond motifs is 1.